The van der Waals surface area contributed by atoms with Crippen molar-refractivity contribution in [2.45, 2.75) is 33.2 Å². The summed E-state index contributed by atoms with van der Waals surface area (Å²) in [4.78, 5) is 11.5. The highest BCUT2D eigenvalue weighted by molar-refractivity contribution is 5.81. The molecule has 0 fully saturated rings. The second kappa shape index (κ2) is 8.68. The highest BCUT2D eigenvalue weighted by atomic mass is 16.5. The van der Waals surface area contributed by atoms with Gasteiger partial charge in [0.1, 0.15) is 0 Å². The molecule has 1 atom stereocenters. The van der Waals surface area contributed by atoms with Crippen LogP contribution in [0.4, 0.5) is 0 Å². The summed E-state index contributed by atoms with van der Waals surface area (Å²) < 4.78 is 4.85. The Labute approximate surface area is 92.8 Å². The summed E-state index contributed by atoms with van der Waals surface area (Å²) in [7, 11) is 1.62. The number of hydrogen-bond donors (Lipinski definition) is 2. The summed E-state index contributed by atoms with van der Waals surface area (Å²) in [6, 6.07) is -0.124. The van der Waals surface area contributed by atoms with Crippen LogP contribution in [0.2, 0.25) is 0 Å². The van der Waals surface area contributed by atoms with Crippen LogP contribution in [-0.2, 0) is 9.53 Å². The molecular weight excluding hydrogens is 192 g/mol. The molecule has 0 aliphatic rings. The van der Waals surface area contributed by atoms with Gasteiger partial charge in [0, 0.05) is 13.7 Å². The molecule has 0 saturated carbocycles. The van der Waals surface area contributed by atoms with Crippen LogP contribution < -0.4 is 10.6 Å². The lowest BCUT2D eigenvalue weighted by Gasteiger charge is -2.14. The average Bonchev–Trinajstić information content (AvgIpc) is 2.17. The maximum absolute atomic E-state index is 11.5. The highest BCUT2D eigenvalue weighted by Gasteiger charge is 2.10. The predicted octanol–water partition coefficient (Wildman–Crippen LogP) is 0.773. The lowest BCUT2D eigenvalue weighted by atomic mass is 10.1. The Morgan fingerprint density at radius 1 is 1.27 bits per heavy atom. The molecule has 0 bridgehead atoms. The van der Waals surface area contributed by atoms with Gasteiger partial charge in [0.05, 0.1) is 12.6 Å². The van der Waals surface area contributed by atoms with E-state index in [-0.39, 0.29) is 11.9 Å². The highest BCUT2D eigenvalue weighted by Crippen LogP contribution is 1.96. The predicted molar refractivity (Wildman–Crippen MR) is 61.8 cm³/mol. The normalized spacial score (nSPS) is 12.9. The summed E-state index contributed by atoms with van der Waals surface area (Å²) in [6.45, 7) is 8.24. The van der Waals surface area contributed by atoms with E-state index in [1.807, 2.05) is 6.92 Å². The summed E-state index contributed by atoms with van der Waals surface area (Å²) >= 11 is 0. The standard InChI is InChI=1S/C11H24N2O2/c1-9(2)5-6-12-10(3)11(14)13-7-8-15-4/h9-10,12H,5-8H2,1-4H3,(H,13,14). The Morgan fingerprint density at radius 2 is 1.93 bits per heavy atom. The van der Waals surface area contributed by atoms with Crippen LogP contribution in [0, 0.1) is 5.92 Å². The van der Waals surface area contributed by atoms with Crippen molar-refractivity contribution >= 4 is 5.91 Å². The minimum absolute atomic E-state index is 0.0378. The van der Waals surface area contributed by atoms with Crippen molar-refractivity contribution in [2.24, 2.45) is 5.92 Å². The van der Waals surface area contributed by atoms with Crippen LogP contribution in [0.1, 0.15) is 27.2 Å². The minimum atomic E-state index is -0.124. The van der Waals surface area contributed by atoms with E-state index in [0.29, 0.717) is 19.1 Å². The van der Waals surface area contributed by atoms with Gasteiger partial charge >= 0.3 is 0 Å². The van der Waals surface area contributed by atoms with Crippen LogP contribution in [0.3, 0.4) is 0 Å². The minimum Gasteiger partial charge on any atom is -0.383 e. The second-order valence-electron chi connectivity index (χ2n) is 4.14. The first-order chi connectivity index (χ1) is 7.07. The fraction of sp³-hybridized carbons (Fsp3) is 0.909. The van der Waals surface area contributed by atoms with E-state index in [9.17, 15) is 4.79 Å². The molecule has 0 spiro atoms. The monoisotopic (exact) mass is 216 g/mol. The van der Waals surface area contributed by atoms with Gasteiger partial charge in [0.15, 0.2) is 0 Å². The van der Waals surface area contributed by atoms with Gasteiger partial charge in [-0.15, -0.1) is 0 Å². The van der Waals surface area contributed by atoms with Crippen LogP contribution in [0.25, 0.3) is 0 Å². The first-order valence-electron chi connectivity index (χ1n) is 5.58. The molecule has 0 aliphatic heterocycles. The van der Waals surface area contributed by atoms with Crippen LogP contribution in [-0.4, -0.2) is 38.8 Å². The van der Waals surface area contributed by atoms with Crippen molar-refractivity contribution in [1.29, 1.82) is 0 Å². The van der Waals surface area contributed by atoms with Gasteiger partial charge in [0.25, 0.3) is 0 Å². The Kier molecular flexibility index (Phi) is 8.33. The van der Waals surface area contributed by atoms with Crippen LogP contribution in [0.5, 0.6) is 0 Å². The van der Waals surface area contributed by atoms with E-state index >= 15 is 0 Å². The van der Waals surface area contributed by atoms with Crippen molar-refractivity contribution < 1.29 is 9.53 Å². The van der Waals surface area contributed by atoms with E-state index in [2.05, 4.69) is 24.5 Å². The largest absolute Gasteiger partial charge is 0.383 e. The van der Waals surface area contributed by atoms with Gasteiger partial charge in [-0.3, -0.25) is 4.79 Å². The molecule has 0 aromatic heterocycles. The van der Waals surface area contributed by atoms with Gasteiger partial charge in [-0.1, -0.05) is 13.8 Å². The van der Waals surface area contributed by atoms with Gasteiger partial charge in [-0.2, -0.15) is 0 Å². The maximum atomic E-state index is 11.5. The number of methoxy groups -OCH3 is 1. The molecule has 15 heavy (non-hydrogen) atoms. The molecule has 0 radical (unpaired) electrons. The SMILES string of the molecule is COCCNC(=O)C(C)NCCC(C)C. The fourth-order valence-electron chi connectivity index (χ4n) is 1.11. The molecule has 0 saturated heterocycles. The van der Waals surface area contributed by atoms with E-state index in [4.69, 9.17) is 4.74 Å². The van der Waals surface area contributed by atoms with Crippen molar-refractivity contribution in [3.05, 3.63) is 0 Å². The molecule has 2 N–H and O–H groups in total. The smallest absolute Gasteiger partial charge is 0.236 e. The molecule has 0 aliphatic carbocycles. The number of amides is 1. The first-order valence-corrected chi connectivity index (χ1v) is 5.58. The lowest BCUT2D eigenvalue weighted by Crippen LogP contribution is -2.43. The zero-order valence-electron chi connectivity index (χ0n) is 10.3. The molecule has 0 aromatic rings. The molecule has 0 aromatic carbocycles. The Morgan fingerprint density at radius 3 is 2.47 bits per heavy atom. The number of carbonyl (C=O) groups excluding carboxylic acids is 1. The number of rotatable bonds is 8. The molecule has 1 unspecified atom stereocenters. The second-order valence-corrected chi connectivity index (χ2v) is 4.14. The Balaban J connectivity index is 3.51. The van der Waals surface area contributed by atoms with Crippen molar-refractivity contribution in [2.75, 3.05) is 26.8 Å². The number of hydrogen-bond acceptors (Lipinski definition) is 3. The summed E-state index contributed by atoms with van der Waals surface area (Å²) in [6.07, 6.45) is 1.09. The van der Waals surface area contributed by atoms with Crippen LogP contribution >= 0.6 is 0 Å². The summed E-state index contributed by atoms with van der Waals surface area (Å²) in [5.74, 6) is 0.706. The first kappa shape index (κ1) is 14.4. The van der Waals surface area contributed by atoms with Crippen molar-refractivity contribution in [3.63, 3.8) is 0 Å². The van der Waals surface area contributed by atoms with E-state index in [1.54, 1.807) is 7.11 Å². The number of carbonyl (C=O) groups is 1. The maximum Gasteiger partial charge on any atom is 0.236 e. The van der Waals surface area contributed by atoms with Crippen molar-refractivity contribution in [3.8, 4) is 0 Å². The van der Waals surface area contributed by atoms with Gasteiger partial charge in [0.2, 0.25) is 5.91 Å². The fourth-order valence-corrected chi connectivity index (χ4v) is 1.11. The lowest BCUT2D eigenvalue weighted by molar-refractivity contribution is -0.122. The quantitative estimate of drug-likeness (QED) is 0.589. The average molecular weight is 216 g/mol. The molecule has 0 rings (SSSR count). The van der Waals surface area contributed by atoms with Gasteiger partial charge in [-0.05, 0) is 25.8 Å². The molecule has 90 valence electrons. The third-order valence-corrected chi connectivity index (χ3v) is 2.17. The Hall–Kier alpha value is -0.610. The number of nitrogens with one attached hydrogen (secondary N) is 2. The third-order valence-electron chi connectivity index (χ3n) is 2.17. The molecular formula is C11H24N2O2. The van der Waals surface area contributed by atoms with Gasteiger partial charge < -0.3 is 15.4 Å². The molecule has 4 heteroatoms. The van der Waals surface area contributed by atoms with Crippen LogP contribution in [0.15, 0.2) is 0 Å². The topological polar surface area (TPSA) is 50.4 Å². The van der Waals surface area contributed by atoms with Gasteiger partial charge in [-0.25, -0.2) is 0 Å². The molecule has 1 amide bonds. The summed E-state index contributed by atoms with van der Waals surface area (Å²) in [5.41, 5.74) is 0. The van der Waals surface area contributed by atoms with E-state index in [1.165, 1.54) is 0 Å². The number of ether oxygens (including phenoxy) is 1. The zero-order valence-corrected chi connectivity index (χ0v) is 10.3. The van der Waals surface area contributed by atoms with E-state index < -0.39 is 0 Å². The molecule has 4 nitrogen and oxygen atoms in total. The van der Waals surface area contributed by atoms with Crippen molar-refractivity contribution in [1.82, 2.24) is 10.6 Å². The zero-order chi connectivity index (χ0) is 11.7. The molecule has 0 heterocycles. The summed E-state index contributed by atoms with van der Waals surface area (Å²) in [5, 5.41) is 5.98. The Bertz CT molecular complexity index is 172. The van der Waals surface area contributed by atoms with E-state index in [0.717, 1.165) is 13.0 Å². The third kappa shape index (κ3) is 8.39.